The van der Waals surface area contributed by atoms with E-state index in [-0.39, 0.29) is 30.4 Å². The highest BCUT2D eigenvalue weighted by Gasteiger charge is 2.29. The lowest BCUT2D eigenvalue weighted by atomic mass is 10.2. The van der Waals surface area contributed by atoms with Gasteiger partial charge in [-0.25, -0.2) is 12.8 Å². The SMILES string of the molecule is Cc1sc(NC(=O)CN2CCN(S(=O)(=O)c3ccc(F)cc3)CC2)c(C#N)c1C. The number of hydrogen-bond acceptors (Lipinski definition) is 6. The summed E-state index contributed by atoms with van der Waals surface area (Å²) in [6.07, 6.45) is 0. The van der Waals surface area contributed by atoms with E-state index in [0.29, 0.717) is 23.7 Å². The molecular weight excluding hydrogens is 415 g/mol. The molecule has 0 atom stereocenters. The maximum Gasteiger partial charge on any atom is 0.243 e. The van der Waals surface area contributed by atoms with Crippen molar-refractivity contribution in [3.05, 3.63) is 46.1 Å². The Bertz CT molecular complexity index is 1050. The summed E-state index contributed by atoms with van der Waals surface area (Å²) in [5.74, 6) is -0.729. The van der Waals surface area contributed by atoms with Gasteiger partial charge in [-0.15, -0.1) is 11.3 Å². The molecule has 3 rings (SSSR count). The Labute approximate surface area is 173 Å². The lowest BCUT2D eigenvalue weighted by molar-refractivity contribution is -0.117. The van der Waals surface area contributed by atoms with Crippen molar-refractivity contribution in [2.45, 2.75) is 18.7 Å². The van der Waals surface area contributed by atoms with E-state index < -0.39 is 15.8 Å². The van der Waals surface area contributed by atoms with Crippen LogP contribution in [0, 0.1) is 31.0 Å². The molecule has 1 amide bonds. The third kappa shape index (κ3) is 4.64. The first-order valence-electron chi connectivity index (χ1n) is 9.00. The van der Waals surface area contributed by atoms with Crippen LogP contribution in [0.5, 0.6) is 0 Å². The van der Waals surface area contributed by atoms with Gasteiger partial charge in [-0.05, 0) is 43.7 Å². The molecule has 2 heterocycles. The maximum absolute atomic E-state index is 13.0. The first-order chi connectivity index (χ1) is 13.7. The lowest BCUT2D eigenvalue weighted by Gasteiger charge is -2.33. The van der Waals surface area contributed by atoms with Gasteiger partial charge in [0.15, 0.2) is 0 Å². The molecule has 10 heteroatoms. The standard InChI is InChI=1S/C19H21FN4O3S2/c1-13-14(2)28-19(17(13)11-21)22-18(25)12-23-7-9-24(10-8-23)29(26,27)16-5-3-15(20)4-6-16/h3-6H,7-10,12H2,1-2H3,(H,22,25). The first kappa shape index (κ1) is 21.4. The number of anilines is 1. The molecule has 1 aromatic heterocycles. The summed E-state index contributed by atoms with van der Waals surface area (Å²) in [7, 11) is -3.69. The average molecular weight is 437 g/mol. The topological polar surface area (TPSA) is 93.5 Å². The van der Waals surface area contributed by atoms with E-state index in [0.717, 1.165) is 22.6 Å². The van der Waals surface area contributed by atoms with Crippen LogP contribution in [0.1, 0.15) is 16.0 Å². The van der Waals surface area contributed by atoms with Crippen LogP contribution in [0.25, 0.3) is 0 Å². The molecule has 0 spiro atoms. The molecule has 0 saturated carbocycles. The highest BCUT2D eigenvalue weighted by atomic mass is 32.2. The fraction of sp³-hybridized carbons (Fsp3) is 0.368. The number of carbonyl (C=O) groups excluding carboxylic acids is 1. The van der Waals surface area contributed by atoms with Gasteiger partial charge in [0.2, 0.25) is 15.9 Å². The van der Waals surface area contributed by atoms with Crippen LogP contribution in [-0.2, 0) is 14.8 Å². The molecule has 0 unspecified atom stereocenters. The Morgan fingerprint density at radius 2 is 1.83 bits per heavy atom. The van der Waals surface area contributed by atoms with E-state index in [2.05, 4.69) is 11.4 Å². The fourth-order valence-corrected chi connectivity index (χ4v) is 5.55. The molecule has 2 aromatic rings. The van der Waals surface area contributed by atoms with Gasteiger partial charge in [0.05, 0.1) is 17.0 Å². The van der Waals surface area contributed by atoms with E-state index >= 15 is 0 Å². The number of amides is 1. The maximum atomic E-state index is 13.0. The highest BCUT2D eigenvalue weighted by molar-refractivity contribution is 7.89. The van der Waals surface area contributed by atoms with Gasteiger partial charge in [0, 0.05) is 31.1 Å². The summed E-state index contributed by atoms with van der Waals surface area (Å²) < 4.78 is 39.7. The second kappa shape index (κ2) is 8.59. The van der Waals surface area contributed by atoms with Crippen LogP contribution in [0.15, 0.2) is 29.2 Å². The fourth-order valence-electron chi connectivity index (χ4n) is 3.10. The monoisotopic (exact) mass is 436 g/mol. The van der Waals surface area contributed by atoms with Gasteiger partial charge in [0.25, 0.3) is 0 Å². The number of nitrogens with zero attached hydrogens (tertiary/aromatic N) is 3. The number of nitrogens with one attached hydrogen (secondary N) is 1. The Kier molecular flexibility index (Phi) is 6.33. The molecule has 0 aliphatic carbocycles. The number of hydrogen-bond donors (Lipinski definition) is 1. The highest BCUT2D eigenvalue weighted by Crippen LogP contribution is 2.31. The molecule has 0 radical (unpaired) electrons. The predicted molar refractivity (Wildman–Crippen MR) is 109 cm³/mol. The van der Waals surface area contributed by atoms with Crippen molar-refractivity contribution in [1.29, 1.82) is 5.26 Å². The molecule has 1 fully saturated rings. The summed E-state index contributed by atoms with van der Waals surface area (Å²) in [5, 5.41) is 12.6. The zero-order valence-electron chi connectivity index (χ0n) is 16.1. The second-order valence-electron chi connectivity index (χ2n) is 6.78. The summed E-state index contributed by atoms with van der Waals surface area (Å²) in [4.78, 5) is 15.3. The zero-order valence-corrected chi connectivity index (χ0v) is 17.7. The van der Waals surface area contributed by atoms with Crippen molar-refractivity contribution in [2.75, 3.05) is 38.0 Å². The summed E-state index contributed by atoms with van der Waals surface area (Å²) in [5.41, 5.74) is 1.35. The van der Waals surface area contributed by atoms with Crippen LogP contribution >= 0.6 is 11.3 Å². The number of rotatable bonds is 5. The molecule has 1 aliphatic rings. The molecule has 1 N–H and O–H groups in total. The smallest absolute Gasteiger partial charge is 0.243 e. The number of sulfonamides is 1. The Balaban J connectivity index is 1.57. The van der Waals surface area contributed by atoms with Crippen molar-refractivity contribution >= 4 is 32.3 Å². The van der Waals surface area contributed by atoms with Gasteiger partial charge in [-0.1, -0.05) is 0 Å². The van der Waals surface area contributed by atoms with E-state index in [9.17, 15) is 22.9 Å². The third-order valence-corrected chi connectivity index (χ3v) is 7.94. The van der Waals surface area contributed by atoms with E-state index in [1.165, 1.54) is 27.8 Å². The Hall–Kier alpha value is -2.32. The van der Waals surface area contributed by atoms with Gasteiger partial charge < -0.3 is 5.32 Å². The van der Waals surface area contributed by atoms with Gasteiger partial charge in [-0.3, -0.25) is 9.69 Å². The molecule has 0 bridgehead atoms. The van der Waals surface area contributed by atoms with Gasteiger partial charge in [0.1, 0.15) is 16.9 Å². The number of benzene rings is 1. The number of carbonyl (C=O) groups is 1. The molecule has 7 nitrogen and oxygen atoms in total. The van der Waals surface area contributed by atoms with Crippen molar-refractivity contribution in [3.63, 3.8) is 0 Å². The second-order valence-corrected chi connectivity index (χ2v) is 9.94. The van der Waals surface area contributed by atoms with Crippen molar-refractivity contribution < 1.29 is 17.6 Å². The minimum absolute atomic E-state index is 0.0533. The molecular formula is C19H21FN4O3S2. The quantitative estimate of drug-likeness (QED) is 0.776. The molecule has 1 aliphatic heterocycles. The summed E-state index contributed by atoms with van der Waals surface area (Å²) in [6.45, 7) is 5.16. The average Bonchev–Trinajstić information content (AvgIpc) is 2.95. The lowest BCUT2D eigenvalue weighted by Crippen LogP contribution is -2.50. The zero-order chi connectivity index (χ0) is 21.2. The molecule has 1 aromatic carbocycles. The van der Waals surface area contributed by atoms with E-state index in [1.54, 1.807) is 0 Å². The summed E-state index contributed by atoms with van der Waals surface area (Å²) in [6, 6.07) is 6.87. The van der Waals surface area contributed by atoms with Crippen molar-refractivity contribution in [2.24, 2.45) is 0 Å². The summed E-state index contributed by atoms with van der Waals surface area (Å²) >= 11 is 1.37. The van der Waals surface area contributed by atoms with E-state index in [1.807, 2.05) is 18.7 Å². The Morgan fingerprint density at radius 1 is 1.21 bits per heavy atom. The van der Waals surface area contributed by atoms with Crippen LogP contribution in [0.3, 0.4) is 0 Å². The minimum atomic E-state index is -3.69. The van der Waals surface area contributed by atoms with Crippen LogP contribution < -0.4 is 5.32 Å². The largest absolute Gasteiger partial charge is 0.315 e. The number of piperazine rings is 1. The third-order valence-electron chi connectivity index (χ3n) is 4.90. The predicted octanol–water partition coefficient (Wildman–Crippen LogP) is 2.32. The van der Waals surface area contributed by atoms with Crippen molar-refractivity contribution in [3.8, 4) is 6.07 Å². The Morgan fingerprint density at radius 3 is 2.41 bits per heavy atom. The van der Waals surface area contributed by atoms with Crippen LogP contribution in [0.4, 0.5) is 9.39 Å². The van der Waals surface area contributed by atoms with Gasteiger partial charge in [-0.2, -0.15) is 9.57 Å². The van der Waals surface area contributed by atoms with Gasteiger partial charge >= 0.3 is 0 Å². The normalized spacial score (nSPS) is 15.8. The van der Waals surface area contributed by atoms with Crippen LogP contribution in [0.2, 0.25) is 0 Å². The molecule has 154 valence electrons. The number of thiophene rings is 1. The first-order valence-corrected chi connectivity index (χ1v) is 11.3. The molecule has 1 saturated heterocycles. The number of aryl methyl sites for hydroxylation is 1. The van der Waals surface area contributed by atoms with Crippen LogP contribution in [-0.4, -0.2) is 56.3 Å². The number of nitriles is 1. The minimum Gasteiger partial charge on any atom is -0.315 e. The molecule has 29 heavy (non-hydrogen) atoms. The van der Waals surface area contributed by atoms with Crippen molar-refractivity contribution in [1.82, 2.24) is 9.21 Å². The number of halogens is 1. The van der Waals surface area contributed by atoms with E-state index in [4.69, 9.17) is 0 Å².